The maximum absolute atomic E-state index is 9.11. The first kappa shape index (κ1) is 12.0. The van der Waals surface area contributed by atoms with Gasteiger partial charge in [-0.25, -0.2) is 0 Å². The highest BCUT2D eigenvalue weighted by Gasteiger charge is 2.27. The molecule has 1 saturated carbocycles. The Bertz CT molecular complexity index is 165. The fraction of sp³-hybridized carbons (Fsp3) is 1.00. The maximum Gasteiger partial charge on any atom is 0.0518 e. The lowest BCUT2D eigenvalue weighted by Gasteiger charge is -2.35. The Balaban J connectivity index is 2.23. The minimum atomic E-state index is -0.377. The molecule has 0 saturated heterocycles. The fourth-order valence-corrected chi connectivity index (χ4v) is 1.68. The van der Waals surface area contributed by atoms with Gasteiger partial charge in [-0.2, -0.15) is 0 Å². The van der Waals surface area contributed by atoms with Gasteiger partial charge < -0.3 is 15.5 Å². The summed E-state index contributed by atoms with van der Waals surface area (Å²) < 4.78 is 0. The Morgan fingerprint density at radius 2 is 1.93 bits per heavy atom. The molecule has 0 aromatic carbocycles. The normalized spacial score (nSPS) is 20.6. The topological polar surface area (TPSA) is 52.5 Å². The molecule has 1 atom stereocenters. The summed E-state index contributed by atoms with van der Waals surface area (Å²) in [5.74, 6) is 0.802. The molecule has 84 valence electrons. The van der Waals surface area contributed by atoms with E-state index in [4.69, 9.17) is 10.2 Å². The van der Waals surface area contributed by atoms with Crippen molar-refractivity contribution in [3.8, 4) is 0 Å². The summed E-state index contributed by atoms with van der Waals surface area (Å²) in [6, 6.07) is 0.515. The van der Waals surface area contributed by atoms with Crippen LogP contribution >= 0.6 is 0 Å². The van der Waals surface area contributed by atoms with Crippen LogP contribution in [0, 0.1) is 11.3 Å². The molecule has 3 N–H and O–H groups in total. The van der Waals surface area contributed by atoms with Crippen molar-refractivity contribution in [3.05, 3.63) is 0 Å². The van der Waals surface area contributed by atoms with E-state index in [1.54, 1.807) is 0 Å². The van der Waals surface area contributed by atoms with Gasteiger partial charge in [0, 0.05) is 18.0 Å². The summed E-state index contributed by atoms with van der Waals surface area (Å²) in [6.45, 7) is 4.85. The van der Waals surface area contributed by atoms with E-state index in [0.29, 0.717) is 12.6 Å². The number of aliphatic hydroxyl groups is 2. The van der Waals surface area contributed by atoms with Crippen LogP contribution in [0.5, 0.6) is 0 Å². The molecule has 3 nitrogen and oxygen atoms in total. The maximum atomic E-state index is 9.11. The van der Waals surface area contributed by atoms with Crippen molar-refractivity contribution in [1.29, 1.82) is 0 Å². The van der Waals surface area contributed by atoms with Crippen molar-refractivity contribution < 1.29 is 10.2 Å². The third-order valence-corrected chi connectivity index (χ3v) is 3.47. The standard InChI is InChI=1S/C11H23NO2/c1-9(10-4-3-5-10)12-6-11(2,7-13)8-14/h9-10,12-14H,3-8H2,1-2H3. The van der Waals surface area contributed by atoms with Crippen LogP contribution in [0.3, 0.4) is 0 Å². The van der Waals surface area contributed by atoms with Crippen molar-refractivity contribution >= 4 is 0 Å². The molecule has 0 aromatic rings. The smallest absolute Gasteiger partial charge is 0.0518 e. The second-order valence-corrected chi connectivity index (χ2v) is 4.99. The van der Waals surface area contributed by atoms with Crippen LogP contribution in [0.1, 0.15) is 33.1 Å². The highest BCUT2D eigenvalue weighted by Crippen LogP contribution is 2.29. The van der Waals surface area contributed by atoms with Gasteiger partial charge in [-0.3, -0.25) is 0 Å². The first-order chi connectivity index (χ1) is 6.61. The van der Waals surface area contributed by atoms with Gasteiger partial charge >= 0.3 is 0 Å². The number of hydrogen-bond acceptors (Lipinski definition) is 3. The fourth-order valence-electron chi connectivity index (χ4n) is 1.68. The van der Waals surface area contributed by atoms with Crippen LogP contribution < -0.4 is 5.32 Å². The molecule has 1 aliphatic rings. The van der Waals surface area contributed by atoms with Crippen molar-refractivity contribution in [2.45, 2.75) is 39.2 Å². The van der Waals surface area contributed by atoms with Gasteiger partial charge in [0.05, 0.1) is 13.2 Å². The van der Waals surface area contributed by atoms with E-state index >= 15 is 0 Å². The molecule has 1 fully saturated rings. The van der Waals surface area contributed by atoms with Gasteiger partial charge in [-0.1, -0.05) is 13.3 Å². The molecule has 0 aliphatic heterocycles. The molecule has 3 heteroatoms. The Labute approximate surface area is 86.5 Å². The zero-order chi connectivity index (χ0) is 10.6. The molecule has 0 aromatic heterocycles. The van der Waals surface area contributed by atoms with E-state index < -0.39 is 0 Å². The summed E-state index contributed by atoms with van der Waals surface area (Å²) in [5.41, 5.74) is -0.377. The third kappa shape index (κ3) is 2.94. The van der Waals surface area contributed by atoms with Gasteiger partial charge in [0.25, 0.3) is 0 Å². The zero-order valence-corrected chi connectivity index (χ0v) is 9.29. The van der Waals surface area contributed by atoms with Crippen LogP contribution in [0.25, 0.3) is 0 Å². The van der Waals surface area contributed by atoms with E-state index in [-0.39, 0.29) is 18.6 Å². The molecule has 0 spiro atoms. The average molecular weight is 201 g/mol. The van der Waals surface area contributed by atoms with E-state index in [2.05, 4.69) is 12.2 Å². The van der Waals surface area contributed by atoms with E-state index in [9.17, 15) is 0 Å². The molecule has 1 unspecified atom stereocenters. The molecule has 0 bridgehead atoms. The summed E-state index contributed by atoms with van der Waals surface area (Å²) in [7, 11) is 0. The molecule has 1 aliphatic carbocycles. The summed E-state index contributed by atoms with van der Waals surface area (Å²) in [4.78, 5) is 0. The summed E-state index contributed by atoms with van der Waals surface area (Å²) >= 11 is 0. The quantitative estimate of drug-likeness (QED) is 0.594. The van der Waals surface area contributed by atoms with Crippen LogP contribution in [0.15, 0.2) is 0 Å². The Morgan fingerprint density at radius 1 is 1.36 bits per heavy atom. The first-order valence-corrected chi connectivity index (χ1v) is 5.56. The van der Waals surface area contributed by atoms with E-state index in [1.807, 2.05) is 6.92 Å². The number of rotatable bonds is 6. The molecule has 0 amide bonds. The monoisotopic (exact) mass is 201 g/mol. The lowest BCUT2D eigenvalue weighted by Crippen LogP contribution is -2.45. The highest BCUT2D eigenvalue weighted by molar-refractivity contribution is 4.83. The van der Waals surface area contributed by atoms with Gasteiger partial charge in [0.1, 0.15) is 0 Å². The SMILES string of the molecule is CC(NCC(C)(CO)CO)C1CCC1. The van der Waals surface area contributed by atoms with Crippen LogP contribution in [-0.2, 0) is 0 Å². The average Bonchev–Trinajstić information content (AvgIpc) is 2.11. The third-order valence-electron chi connectivity index (χ3n) is 3.47. The van der Waals surface area contributed by atoms with E-state index in [0.717, 1.165) is 5.92 Å². The predicted molar refractivity (Wildman–Crippen MR) is 57.1 cm³/mol. The molecular weight excluding hydrogens is 178 g/mol. The molecule has 0 radical (unpaired) electrons. The van der Waals surface area contributed by atoms with Crippen molar-refractivity contribution in [3.63, 3.8) is 0 Å². The van der Waals surface area contributed by atoms with Crippen LogP contribution in [0.4, 0.5) is 0 Å². The highest BCUT2D eigenvalue weighted by atomic mass is 16.3. The lowest BCUT2D eigenvalue weighted by atomic mass is 9.80. The Hall–Kier alpha value is -0.120. The number of nitrogens with one attached hydrogen (secondary N) is 1. The largest absolute Gasteiger partial charge is 0.396 e. The first-order valence-electron chi connectivity index (χ1n) is 5.56. The Morgan fingerprint density at radius 3 is 2.29 bits per heavy atom. The second kappa shape index (κ2) is 5.10. The minimum absolute atomic E-state index is 0.0356. The zero-order valence-electron chi connectivity index (χ0n) is 9.29. The van der Waals surface area contributed by atoms with Crippen molar-refractivity contribution in [1.82, 2.24) is 5.32 Å². The second-order valence-electron chi connectivity index (χ2n) is 4.99. The summed E-state index contributed by atoms with van der Waals surface area (Å²) in [5, 5.41) is 21.6. The van der Waals surface area contributed by atoms with Crippen LogP contribution in [0.2, 0.25) is 0 Å². The summed E-state index contributed by atoms with van der Waals surface area (Å²) in [6.07, 6.45) is 4.00. The van der Waals surface area contributed by atoms with Gasteiger partial charge in [0.15, 0.2) is 0 Å². The molecule has 1 rings (SSSR count). The predicted octanol–water partition coefficient (Wildman–Crippen LogP) is 0.755. The Kier molecular flexibility index (Phi) is 4.35. The minimum Gasteiger partial charge on any atom is -0.396 e. The lowest BCUT2D eigenvalue weighted by molar-refractivity contribution is 0.0635. The molecule has 0 heterocycles. The van der Waals surface area contributed by atoms with E-state index in [1.165, 1.54) is 19.3 Å². The van der Waals surface area contributed by atoms with Crippen molar-refractivity contribution in [2.75, 3.05) is 19.8 Å². The van der Waals surface area contributed by atoms with Crippen LogP contribution in [-0.4, -0.2) is 36.0 Å². The number of aliphatic hydroxyl groups excluding tert-OH is 2. The number of hydrogen-bond donors (Lipinski definition) is 3. The van der Waals surface area contributed by atoms with Crippen molar-refractivity contribution in [2.24, 2.45) is 11.3 Å². The van der Waals surface area contributed by atoms with Gasteiger partial charge in [0.2, 0.25) is 0 Å². The molecule has 14 heavy (non-hydrogen) atoms. The van der Waals surface area contributed by atoms with Gasteiger partial charge in [-0.05, 0) is 25.7 Å². The van der Waals surface area contributed by atoms with Gasteiger partial charge in [-0.15, -0.1) is 0 Å². The molecular formula is C11H23NO2.